The summed E-state index contributed by atoms with van der Waals surface area (Å²) in [4.78, 5) is 0. The molecule has 0 amide bonds. The molecule has 0 aromatic carbocycles. The van der Waals surface area contributed by atoms with Gasteiger partial charge in [0.2, 0.25) is 0 Å². The number of ether oxygens (including phenoxy) is 1. The van der Waals surface area contributed by atoms with Crippen molar-refractivity contribution >= 4 is 0 Å². The summed E-state index contributed by atoms with van der Waals surface area (Å²) in [6.07, 6.45) is 7.61. The Balaban J connectivity index is 2.15. The molecule has 0 radical (unpaired) electrons. The van der Waals surface area contributed by atoms with Crippen molar-refractivity contribution < 1.29 is 4.74 Å². The highest BCUT2D eigenvalue weighted by Gasteiger charge is 2.21. The van der Waals surface area contributed by atoms with E-state index in [1.54, 1.807) is 0 Å². The summed E-state index contributed by atoms with van der Waals surface area (Å²) in [6, 6.07) is 2.22. The molecule has 3 nitrogen and oxygen atoms in total. The molecule has 1 saturated carbocycles. The van der Waals surface area contributed by atoms with Crippen LogP contribution in [-0.2, 0) is 4.74 Å². The lowest BCUT2D eigenvalue weighted by Crippen LogP contribution is -2.30. The van der Waals surface area contributed by atoms with Gasteiger partial charge in [-0.3, -0.25) is 0 Å². The molecule has 0 saturated heterocycles. The molecule has 1 aliphatic carbocycles. The smallest absolute Gasteiger partial charge is 0.0974 e. The Labute approximate surface area is 106 Å². The van der Waals surface area contributed by atoms with Gasteiger partial charge in [0, 0.05) is 6.61 Å². The monoisotopic (exact) mass is 238 g/mol. The van der Waals surface area contributed by atoms with Gasteiger partial charge >= 0.3 is 0 Å². The summed E-state index contributed by atoms with van der Waals surface area (Å²) in [5, 5.41) is 12.1. The third-order valence-corrected chi connectivity index (χ3v) is 3.68. The molecule has 0 heterocycles. The van der Waals surface area contributed by atoms with Crippen LogP contribution in [0.15, 0.2) is 0 Å². The van der Waals surface area contributed by atoms with Crippen LogP contribution in [0.3, 0.4) is 0 Å². The highest BCUT2D eigenvalue weighted by atomic mass is 16.5. The average molecular weight is 238 g/mol. The van der Waals surface area contributed by atoms with Crippen LogP contribution in [0.1, 0.15) is 52.4 Å². The molecular formula is C14H26N2O. The van der Waals surface area contributed by atoms with E-state index in [0.717, 1.165) is 18.9 Å². The van der Waals surface area contributed by atoms with Crippen LogP contribution in [0.25, 0.3) is 0 Å². The van der Waals surface area contributed by atoms with Crippen LogP contribution < -0.4 is 5.32 Å². The van der Waals surface area contributed by atoms with E-state index in [0.29, 0.717) is 12.7 Å². The first-order valence-corrected chi connectivity index (χ1v) is 7.04. The number of nitriles is 1. The van der Waals surface area contributed by atoms with Crippen molar-refractivity contribution in [3.8, 4) is 6.07 Å². The highest BCUT2D eigenvalue weighted by molar-refractivity contribution is 4.89. The molecule has 1 fully saturated rings. The summed E-state index contributed by atoms with van der Waals surface area (Å²) in [5.74, 6) is 0.856. The average Bonchev–Trinajstić information content (AvgIpc) is 2.38. The first-order valence-electron chi connectivity index (χ1n) is 7.04. The van der Waals surface area contributed by atoms with E-state index in [2.05, 4.69) is 18.3 Å². The first kappa shape index (κ1) is 14.5. The highest BCUT2D eigenvalue weighted by Crippen LogP contribution is 2.28. The van der Waals surface area contributed by atoms with E-state index >= 15 is 0 Å². The van der Waals surface area contributed by atoms with Crippen LogP contribution in [0, 0.1) is 17.2 Å². The SMILES string of the molecule is CCNC(C#N)CCOC1CCCC(CC)C1. The van der Waals surface area contributed by atoms with Gasteiger partial charge in [0.1, 0.15) is 0 Å². The summed E-state index contributed by atoms with van der Waals surface area (Å²) in [7, 11) is 0. The lowest BCUT2D eigenvalue weighted by atomic mass is 9.85. The number of rotatable bonds is 7. The Morgan fingerprint density at radius 2 is 2.24 bits per heavy atom. The molecule has 3 atom stereocenters. The van der Waals surface area contributed by atoms with Crippen LogP contribution in [0.4, 0.5) is 0 Å². The molecule has 3 unspecified atom stereocenters. The number of hydrogen-bond donors (Lipinski definition) is 1. The maximum Gasteiger partial charge on any atom is 0.0974 e. The van der Waals surface area contributed by atoms with Gasteiger partial charge in [-0.15, -0.1) is 0 Å². The molecular weight excluding hydrogens is 212 g/mol. The lowest BCUT2D eigenvalue weighted by molar-refractivity contribution is 0.00991. The fraction of sp³-hybridized carbons (Fsp3) is 0.929. The van der Waals surface area contributed by atoms with Crippen molar-refractivity contribution in [2.24, 2.45) is 5.92 Å². The summed E-state index contributed by atoms with van der Waals surface area (Å²) in [6.45, 7) is 5.86. The van der Waals surface area contributed by atoms with Gasteiger partial charge in [-0.2, -0.15) is 5.26 Å². The van der Waals surface area contributed by atoms with Crippen molar-refractivity contribution in [2.45, 2.75) is 64.5 Å². The van der Waals surface area contributed by atoms with Crippen LogP contribution in [-0.4, -0.2) is 25.3 Å². The Kier molecular flexibility index (Phi) is 7.23. The van der Waals surface area contributed by atoms with E-state index in [1.807, 2.05) is 6.92 Å². The molecule has 17 heavy (non-hydrogen) atoms. The molecule has 0 aromatic rings. The predicted molar refractivity (Wildman–Crippen MR) is 69.7 cm³/mol. The van der Waals surface area contributed by atoms with E-state index in [1.165, 1.54) is 32.1 Å². The summed E-state index contributed by atoms with van der Waals surface area (Å²) >= 11 is 0. The normalized spacial score (nSPS) is 26.4. The van der Waals surface area contributed by atoms with Crippen LogP contribution in [0.2, 0.25) is 0 Å². The quantitative estimate of drug-likeness (QED) is 0.741. The van der Waals surface area contributed by atoms with Crippen LogP contribution in [0.5, 0.6) is 0 Å². The van der Waals surface area contributed by atoms with Gasteiger partial charge in [-0.25, -0.2) is 0 Å². The molecule has 0 aliphatic heterocycles. The topological polar surface area (TPSA) is 45.0 Å². The molecule has 0 bridgehead atoms. The lowest BCUT2D eigenvalue weighted by Gasteiger charge is -2.28. The Morgan fingerprint density at radius 1 is 1.41 bits per heavy atom. The van der Waals surface area contributed by atoms with Crippen LogP contribution >= 0.6 is 0 Å². The fourth-order valence-electron chi connectivity index (χ4n) is 2.58. The largest absolute Gasteiger partial charge is 0.378 e. The number of nitrogens with zero attached hydrogens (tertiary/aromatic N) is 1. The van der Waals surface area contributed by atoms with Gasteiger partial charge in [0.15, 0.2) is 0 Å². The molecule has 0 aromatic heterocycles. The van der Waals surface area contributed by atoms with Crippen molar-refractivity contribution in [1.29, 1.82) is 5.26 Å². The van der Waals surface area contributed by atoms with Crippen molar-refractivity contribution in [3.05, 3.63) is 0 Å². The van der Waals surface area contributed by atoms with Gasteiger partial charge in [-0.1, -0.05) is 33.1 Å². The molecule has 0 spiro atoms. The third kappa shape index (κ3) is 5.52. The minimum absolute atomic E-state index is 0.0504. The Bertz CT molecular complexity index is 237. The second-order valence-corrected chi connectivity index (χ2v) is 4.96. The van der Waals surface area contributed by atoms with Crippen molar-refractivity contribution in [2.75, 3.05) is 13.2 Å². The zero-order chi connectivity index (χ0) is 12.5. The Hall–Kier alpha value is -0.590. The van der Waals surface area contributed by atoms with Crippen molar-refractivity contribution in [3.63, 3.8) is 0 Å². The fourth-order valence-corrected chi connectivity index (χ4v) is 2.58. The first-order chi connectivity index (χ1) is 8.30. The summed E-state index contributed by atoms with van der Waals surface area (Å²) < 4.78 is 5.90. The maximum absolute atomic E-state index is 8.91. The zero-order valence-corrected chi connectivity index (χ0v) is 11.2. The number of nitrogens with one attached hydrogen (secondary N) is 1. The maximum atomic E-state index is 8.91. The van der Waals surface area contributed by atoms with E-state index in [-0.39, 0.29) is 6.04 Å². The second-order valence-electron chi connectivity index (χ2n) is 4.96. The van der Waals surface area contributed by atoms with E-state index in [4.69, 9.17) is 10.00 Å². The second kappa shape index (κ2) is 8.49. The molecule has 1 aliphatic rings. The zero-order valence-electron chi connectivity index (χ0n) is 11.2. The predicted octanol–water partition coefficient (Wildman–Crippen LogP) is 2.86. The standard InChI is InChI=1S/C14H26N2O/c1-3-12-6-5-7-14(10-12)17-9-8-13(11-15)16-4-2/h12-14,16H,3-10H2,1-2H3. The van der Waals surface area contributed by atoms with Gasteiger partial charge in [0.25, 0.3) is 0 Å². The third-order valence-electron chi connectivity index (χ3n) is 3.68. The molecule has 1 rings (SSSR count). The van der Waals surface area contributed by atoms with E-state index in [9.17, 15) is 0 Å². The van der Waals surface area contributed by atoms with Gasteiger partial charge in [0.05, 0.1) is 18.2 Å². The van der Waals surface area contributed by atoms with Gasteiger partial charge < -0.3 is 10.1 Å². The Morgan fingerprint density at radius 3 is 2.88 bits per heavy atom. The molecule has 3 heteroatoms. The van der Waals surface area contributed by atoms with Gasteiger partial charge in [-0.05, 0) is 31.7 Å². The summed E-state index contributed by atoms with van der Waals surface area (Å²) in [5.41, 5.74) is 0. The van der Waals surface area contributed by atoms with E-state index < -0.39 is 0 Å². The molecule has 1 N–H and O–H groups in total. The van der Waals surface area contributed by atoms with Crippen molar-refractivity contribution in [1.82, 2.24) is 5.32 Å². The minimum atomic E-state index is -0.0504. The number of hydrogen-bond acceptors (Lipinski definition) is 3. The molecule has 98 valence electrons. The minimum Gasteiger partial charge on any atom is -0.378 e.